The summed E-state index contributed by atoms with van der Waals surface area (Å²) in [5, 5.41) is 0. The van der Waals surface area contributed by atoms with Gasteiger partial charge in [-0.25, -0.2) is 4.79 Å². The third-order valence-electron chi connectivity index (χ3n) is 5.87. The van der Waals surface area contributed by atoms with Crippen LogP contribution in [0.1, 0.15) is 52.2 Å². The summed E-state index contributed by atoms with van der Waals surface area (Å²) in [5.74, 6) is -0.391. The number of H-pyrrole nitrogens is 1. The lowest BCUT2D eigenvalue weighted by atomic mass is 9.87. The maximum absolute atomic E-state index is 12.4. The van der Waals surface area contributed by atoms with Gasteiger partial charge < -0.3 is 14.2 Å². The summed E-state index contributed by atoms with van der Waals surface area (Å²) in [4.78, 5) is 26.1. The monoisotopic (exact) mass is 370 g/mol. The van der Waals surface area contributed by atoms with Crippen LogP contribution in [0.3, 0.4) is 0 Å². The van der Waals surface area contributed by atoms with Gasteiger partial charge in [-0.3, -0.25) is 14.3 Å². The van der Waals surface area contributed by atoms with E-state index in [9.17, 15) is 9.59 Å². The molecule has 0 amide bonds. The number of nitrogens with zero attached hydrogens (tertiary/aromatic N) is 1. The SMILES string of the molecule is CC[C@@]1(CCl)O[C@@H](n2ccc(=O)[nH]c2=O)[C@]2(C)OC3(CCCC3)O[C@H]12. The lowest BCUT2D eigenvalue weighted by molar-refractivity contribution is -0.244. The maximum Gasteiger partial charge on any atom is 0.330 e. The molecule has 7 nitrogen and oxygen atoms in total. The van der Waals surface area contributed by atoms with Gasteiger partial charge in [0.2, 0.25) is 0 Å². The highest BCUT2D eigenvalue weighted by Gasteiger charge is 2.71. The van der Waals surface area contributed by atoms with E-state index in [-0.39, 0.29) is 12.0 Å². The van der Waals surface area contributed by atoms with Gasteiger partial charge in [0, 0.05) is 25.1 Å². The zero-order valence-electron chi connectivity index (χ0n) is 14.4. The summed E-state index contributed by atoms with van der Waals surface area (Å²) in [6.07, 6.45) is 4.72. The molecular formula is C17H23ClN2O5. The van der Waals surface area contributed by atoms with Crippen LogP contribution in [0.4, 0.5) is 0 Å². The summed E-state index contributed by atoms with van der Waals surface area (Å²) in [6, 6.07) is 1.30. The van der Waals surface area contributed by atoms with Crippen LogP contribution >= 0.6 is 11.6 Å². The molecule has 1 aliphatic carbocycles. The second-order valence-electron chi connectivity index (χ2n) is 7.44. The van der Waals surface area contributed by atoms with Crippen LogP contribution in [0.25, 0.3) is 0 Å². The van der Waals surface area contributed by atoms with Crippen molar-refractivity contribution in [3.8, 4) is 0 Å². The maximum atomic E-state index is 12.4. The van der Waals surface area contributed by atoms with E-state index in [1.54, 1.807) is 0 Å². The molecule has 0 bridgehead atoms. The number of nitrogens with one attached hydrogen (secondary N) is 1. The molecule has 1 aromatic rings. The van der Waals surface area contributed by atoms with Crippen molar-refractivity contribution in [2.75, 3.05) is 5.88 Å². The molecule has 0 radical (unpaired) electrons. The number of alkyl halides is 1. The molecule has 1 aromatic heterocycles. The van der Waals surface area contributed by atoms with Crippen molar-refractivity contribution in [2.24, 2.45) is 0 Å². The number of hydrogen-bond donors (Lipinski definition) is 1. The first-order valence-electron chi connectivity index (χ1n) is 8.81. The highest BCUT2D eigenvalue weighted by Crippen LogP contribution is 2.59. The van der Waals surface area contributed by atoms with Crippen molar-refractivity contribution in [1.82, 2.24) is 9.55 Å². The van der Waals surface area contributed by atoms with Gasteiger partial charge in [-0.15, -0.1) is 11.6 Å². The quantitative estimate of drug-likeness (QED) is 0.822. The number of halogens is 1. The smallest absolute Gasteiger partial charge is 0.330 e. The summed E-state index contributed by atoms with van der Waals surface area (Å²) in [7, 11) is 0. The van der Waals surface area contributed by atoms with Gasteiger partial charge in [0.1, 0.15) is 17.3 Å². The van der Waals surface area contributed by atoms with Crippen molar-refractivity contribution in [1.29, 1.82) is 0 Å². The lowest BCUT2D eigenvalue weighted by Crippen LogP contribution is -2.48. The molecule has 3 aliphatic rings. The Balaban J connectivity index is 1.82. The number of hydrogen-bond acceptors (Lipinski definition) is 5. The van der Waals surface area contributed by atoms with Crippen molar-refractivity contribution < 1.29 is 14.2 Å². The van der Waals surface area contributed by atoms with Crippen molar-refractivity contribution in [3.05, 3.63) is 33.1 Å². The fourth-order valence-corrected chi connectivity index (χ4v) is 4.96. The molecule has 0 aromatic carbocycles. The Morgan fingerprint density at radius 1 is 1.32 bits per heavy atom. The van der Waals surface area contributed by atoms with Crippen LogP contribution in [-0.2, 0) is 14.2 Å². The van der Waals surface area contributed by atoms with E-state index in [1.165, 1.54) is 16.8 Å². The minimum absolute atomic E-state index is 0.234. The Hall–Kier alpha value is -1.15. The van der Waals surface area contributed by atoms with E-state index in [1.807, 2.05) is 13.8 Å². The second kappa shape index (κ2) is 5.67. The van der Waals surface area contributed by atoms with Gasteiger partial charge in [0.25, 0.3) is 5.56 Å². The van der Waals surface area contributed by atoms with Gasteiger partial charge in [-0.1, -0.05) is 6.92 Å². The lowest BCUT2D eigenvalue weighted by Gasteiger charge is -2.33. The van der Waals surface area contributed by atoms with Crippen LogP contribution < -0.4 is 11.2 Å². The Labute approximate surface area is 150 Å². The summed E-state index contributed by atoms with van der Waals surface area (Å²) >= 11 is 6.30. The molecule has 1 spiro atoms. The van der Waals surface area contributed by atoms with Crippen LogP contribution in [0.2, 0.25) is 0 Å². The van der Waals surface area contributed by atoms with Gasteiger partial charge >= 0.3 is 5.69 Å². The number of aromatic amines is 1. The van der Waals surface area contributed by atoms with Crippen molar-refractivity contribution in [3.63, 3.8) is 0 Å². The second-order valence-corrected chi connectivity index (χ2v) is 7.71. The molecular weight excluding hydrogens is 348 g/mol. The molecule has 3 fully saturated rings. The Kier molecular flexibility index (Phi) is 3.92. The predicted octanol–water partition coefficient (Wildman–Crippen LogP) is 1.90. The fourth-order valence-electron chi connectivity index (χ4n) is 4.56. The largest absolute Gasteiger partial charge is 0.344 e. The number of ether oxygens (including phenoxy) is 3. The molecule has 1 N–H and O–H groups in total. The summed E-state index contributed by atoms with van der Waals surface area (Å²) in [6.45, 7) is 3.90. The topological polar surface area (TPSA) is 82.6 Å². The standard InChI is InChI=1S/C17H23ClN2O5/c1-3-16(10-18)12-15(2,25-17(23-12)7-4-5-8-17)13(24-16)20-9-6-11(21)19-14(20)22/h6,9,12-13H,3-5,7-8,10H2,1-2H3,(H,19,21,22)/t12-,13+,15+,16-/m0/s1. The number of rotatable bonds is 3. The summed E-state index contributed by atoms with van der Waals surface area (Å²) < 4.78 is 20.6. The minimum Gasteiger partial charge on any atom is -0.344 e. The van der Waals surface area contributed by atoms with E-state index < -0.39 is 34.5 Å². The highest BCUT2D eigenvalue weighted by molar-refractivity contribution is 6.18. The average Bonchev–Trinajstić information content (AvgIpc) is 3.21. The third kappa shape index (κ3) is 2.36. The Bertz CT molecular complexity index is 780. The first-order chi connectivity index (χ1) is 11.9. The molecule has 138 valence electrons. The Morgan fingerprint density at radius 2 is 2.04 bits per heavy atom. The molecule has 3 heterocycles. The van der Waals surface area contributed by atoms with Gasteiger partial charge in [-0.05, 0) is 26.2 Å². The van der Waals surface area contributed by atoms with E-state index in [2.05, 4.69) is 4.98 Å². The van der Waals surface area contributed by atoms with E-state index in [0.717, 1.165) is 25.7 Å². The number of aromatic nitrogens is 2. The molecule has 4 atom stereocenters. The molecule has 1 saturated carbocycles. The fraction of sp³-hybridized carbons (Fsp3) is 0.765. The molecule has 25 heavy (non-hydrogen) atoms. The van der Waals surface area contributed by atoms with E-state index >= 15 is 0 Å². The molecule has 2 saturated heterocycles. The zero-order valence-corrected chi connectivity index (χ0v) is 15.2. The Morgan fingerprint density at radius 3 is 2.64 bits per heavy atom. The predicted molar refractivity (Wildman–Crippen MR) is 90.7 cm³/mol. The number of fused-ring (bicyclic) bond motifs is 1. The molecule has 0 unspecified atom stereocenters. The first kappa shape index (κ1) is 17.3. The van der Waals surface area contributed by atoms with E-state index in [0.29, 0.717) is 6.42 Å². The van der Waals surface area contributed by atoms with Crippen molar-refractivity contribution >= 4 is 11.6 Å². The van der Waals surface area contributed by atoms with E-state index in [4.69, 9.17) is 25.8 Å². The van der Waals surface area contributed by atoms with Crippen LogP contribution in [0, 0.1) is 0 Å². The molecule has 2 aliphatic heterocycles. The van der Waals surface area contributed by atoms with Gasteiger partial charge in [0.15, 0.2) is 12.0 Å². The average molecular weight is 371 g/mol. The van der Waals surface area contributed by atoms with Crippen LogP contribution in [-0.4, -0.2) is 38.5 Å². The normalized spacial score (nSPS) is 39.2. The zero-order chi connectivity index (χ0) is 17.9. The van der Waals surface area contributed by atoms with Crippen molar-refractivity contribution in [2.45, 2.75) is 75.3 Å². The highest BCUT2D eigenvalue weighted by atomic mass is 35.5. The van der Waals surface area contributed by atoms with Crippen LogP contribution in [0.5, 0.6) is 0 Å². The van der Waals surface area contributed by atoms with Gasteiger partial charge in [-0.2, -0.15) is 0 Å². The first-order valence-corrected chi connectivity index (χ1v) is 9.35. The van der Waals surface area contributed by atoms with Gasteiger partial charge in [0.05, 0.1) is 5.88 Å². The summed E-state index contributed by atoms with van der Waals surface area (Å²) in [5.41, 5.74) is -2.59. The third-order valence-corrected chi connectivity index (χ3v) is 6.32. The molecule has 8 heteroatoms. The minimum atomic E-state index is -0.864. The van der Waals surface area contributed by atoms with Crippen LogP contribution in [0.15, 0.2) is 21.9 Å². The molecule has 4 rings (SSSR count).